The van der Waals surface area contributed by atoms with Gasteiger partial charge in [-0.3, -0.25) is 14.9 Å². The minimum atomic E-state index is -0.464. The third-order valence-corrected chi connectivity index (χ3v) is 5.33. The van der Waals surface area contributed by atoms with Gasteiger partial charge in [0, 0.05) is 32.2 Å². The van der Waals surface area contributed by atoms with E-state index in [4.69, 9.17) is 4.74 Å². The second-order valence-electron chi connectivity index (χ2n) is 7.07. The summed E-state index contributed by atoms with van der Waals surface area (Å²) in [5.74, 6) is 1.41. The van der Waals surface area contributed by atoms with Crippen LogP contribution in [-0.4, -0.2) is 53.5 Å². The highest BCUT2D eigenvalue weighted by Gasteiger charge is 2.23. The fourth-order valence-electron chi connectivity index (χ4n) is 3.73. The number of aryl methyl sites for hydroxylation is 2. The molecule has 0 saturated carbocycles. The average molecular weight is 382 g/mol. The van der Waals surface area contributed by atoms with Crippen LogP contribution < -0.4 is 9.64 Å². The molecule has 1 fully saturated rings. The highest BCUT2D eigenvalue weighted by atomic mass is 16.6. The van der Waals surface area contributed by atoms with Crippen LogP contribution in [0.15, 0.2) is 36.5 Å². The van der Waals surface area contributed by atoms with E-state index in [2.05, 4.69) is 11.1 Å². The number of carbonyl (C=O) groups excluding carboxylic acids is 1. The van der Waals surface area contributed by atoms with E-state index in [-0.39, 0.29) is 18.2 Å². The van der Waals surface area contributed by atoms with Gasteiger partial charge in [0.1, 0.15) is 17.8 Å². The first kappa shape index (κ1) is 18.2. The van der Waals surface area contributed by atoms with Crippen molar-refractivity contribution in [2.75, 3.05) is 37.7 Å². The Bertz CT molecular complexity index is 876. The van der Waals surface area contributed by atoms with Crippen molar-refractivity contribution in [3.05, 3.63) is 57.8 Å². The Kier molecular flexibility index (Phi) is 5.10. The van der Waals surface area contributed by atoms with Crippen LogP contribution in [0.4, 0.5) is 11.5 Å². The highest BCUT2D eigenvalue weighted by Crippen LogP contribution is 2.26. The standard InChI is InChI=1S/C20H22N4O4/c25-20(14-28-18-6-4-15-2-1-3-16(15)12-18)23-10-8-22(9-11-23)19-7-5-17(13-21-19)24(26)27/h4-7,12-13H,1-3,8-11,14H2. The van der Waals surface area contributed by atoms with E-state index in [0.717, 1.165) is 18.6 Å². The molecule has 1 saturated heterocycles. The van der Waals surface area contributed by atoms with Gasteiger partial charge in [0.25, 0.3) is 11.6 Å². The van der Waals surface area contributed by atoms with Gasteiger partial charge in [0.2, 0.25) is 0 Å². The predicted octanol–water partition coefficient (Wildman–Crippen LogP) is 2.21. The molecule has 1 aromatic heterocycles. The predicted molar refractivity (Wildman–Crippen MR) is 104 cm³/mol. The normalized spacial score (nSPS) is 16.0. The Hall–Kier alpha value is -3.16. The number of amides is 1. The summed E-state index contributed by atoms with van der Waals surface area (Å²) in [6.07, 6.45) is 4.66. The molecule has 2 aromatic rings. The van der Waals surface area contributed by atoms with Crippen LogP contribution in [0.25, 0.3) is 0 Å². The summed E-state index contributed by atoms with van der Waals surface area (Å²) in [7, 11) is 0. The summed E-state index contributed by atoms with van der Waals surface area (Å²) in [5, 5.41) is 10.7. The van der Waals surface area contributed by atoms with Crippen molar-refractivity contribution in [1.82, 2.24) is 9.88 Å². The van der Waals surface area contributed by atoms with Crippen molar-refractivity contribution in [3.63, 3.8) is 0 Å². The molecule has 1 aliphatic heterocycles. The summed E-state index contributed by atoms with van der Waals surface area (Å²) in [6.45, 7) is 2.45. The second kappa shape index (κ2) is 7.84. The molecule has 0 radical (unpaired) electrons. The number of carbonyl (C=O) groups is 1. The molecule has 146 valence electrons. The number of pyridine rings is 1. The van der Waals surface area contributed by atoms with E-state index < -0.39 is 4.92 Å². The molecule has 2 aliphatic rings. The zero-order chi connectivity index (χ0) is 19.5. The third-order valence-electron chi connectivity index (χ3n) is 5.33. The largest absolute Gasteiger partial charge is 0.484 e. The molecule has 28 heavy (non-hydrogen) atoms. The zero-order valence-electron chi connectivity index (χ0n) is 15.5. The number of piperazine rings is 1. The number of fused-ring (bicyclic) bond motifs is 1. The summed E-state index contributed by atoms with van der Waals surface area (Å²) < 4.78 is 5.71. The maximum Gasteiger partial charge on any atom is 0.287 e. The Morgan fingerprint density at radius 1 is 1.11 bits per heavy atom. The Balaban J connectivity index is 1.27. The van der Waals surface area contributed by atoms with Gasteiger partial charge < -0.3 is 14.5 Å². The van der Waals surface area contributed by atoms with Gasteiger partial charge in [-0.25, -0.2) is 4.98 Å². The van der Waals surface area contributed by atoms with E-state index >= 15 is 0 Å². The van der Waals surface area contributed by atoms with Gasteiger partial charge >= 0.3 is 0 Å². The van der Waals surface area contributed by atoms with E-state index in [1.807, 2.05) is 17.0 Å². The molecule has 8 nitrogen and oxygen atoms in total. The molecule has 4 rings (SSSR count). The van der Waals surface area contributed by atoms with Gasteiger partial charge in [0.05, 0.1) is 4.92 Å². The molecule has 1 amide bonds. The van der Waals surface area contributed by atoms with Crippen molar-refractivity contribution < 1.29 is 14.5 Å². The summed E-state index contributed by atoms with van der Waals surface area (Å²) >= 11 is 0. The second-order valence-corrected chi connectivity index (χ2v) is 7.07. The fraction of sp³-hybridized carbons (Fsp3) is 0.400. The van der Waals surface area contributed by atoms with E-state index in [0.29, 0.717) is 32.0 Å². The molecule has 8 heteroatoms. The van der Waals surface area contributed by atoms with Gasteiger partial charge in [-0.2, -0.15) is 0 Å². The van der Waals surface area contributed by atoms with E-state index in [1.165, 1.54) is 29.8 Å². The Morgan fingerprint density at radius 3 is 2.61 bits per heavy atom. The summed E-state index contributed by atoms with van der Waals surface area (Å²) in [6, 6.07) is 9.18. The van der Waals surface area contributed by atoms with Crippen LogP contribution in [0.5, 0.6) is 5.75 Å². The summed E-state index contributed by atoms with van der Waals surface area (Å²) in [4.78, 5) is 30.7. The van der Waals surface area contributed by atoms with Crippen molar-refractivity contribution in [2.45, 2.75) is 19.3 Å². The zero-order valence-corrected chi connectivity index (χ0v) is 15.5. The monoisotopic (exact) mass is 382 g/mol. The number of anilines is 1. The first-order chi connectivity index (χ1) is 13.6. The number of ether oxygens (including phenoxy) is 1. The number of hydrogen-bond donors (Lipinski definition) is 0. The number of aromatic nitrogens is 1. The number of nitro groups is 1. The lowest BCUT2D eigenvalue weighted by molar-refractivity contribution is -0.385. The third kappa shape index (κ3) is 3.90. The number of hydrogen-bond acceptors (Lipinski definition) is 6. The molecule has 0 unspecified atom stereocenters. The van der Waals surface area contributed by atoms with E-state index in [1.54, 1.807) is 11.0 Å². The van der Waals surface area contributed by atoms with Gasteiger partial charge in [-0.1, -0.05) is 6.07 Å². The minimum Gasteiger partial charge on any atom is -0.484 e. The summed E-state index contributed by atoms with van der Waals surface area (Å²) in [5.41, 5.74) is 2.69. The SMILES string of the molecule is O=C(COc1ccc2c(c1)CCC2)N1CCN(c2ccc([N+](=O)[O-])cn2)CC1. The lowest BCUT2D eigenvalue weighted by Crippen LogP contribution is -2.50. The first-order valence-corrected chi connectivity index (χ1v) is 9.48. The van der Waals surface area contributed by atoms with Gasteiger partial charge in [-0.15, -0.1) is 0 Å². The molecule has 1 aliphatic carbocycles. The van der Waals surface area contributed by atoms with Crippen molar-refractivity contribution >= 4 is 17.4 Å². The van der Waals surface area contributed by atoms with Crippen LogP contribution in [-0.2, 0) is 17.6 Å². The molecule has 0 N–H and O–H groups in total. The van der Waals surface area contributed by atoms with Crippen LogP contribution in [0.2, 0.25) is 0 Å². The highest BCUT2D eigenvalue weighted by molar-refractivity contribution is 5.78. The molecular weight excluding hydrogens is 360 g/mol. The number of nitrogens with zero attached hydrogens (tertiary/aromatic N) is 4. The van der Waals surface area contributed by atoms with E-state index in [9.17, 15) is 14.9 Å². The van der Waals surface area contributed by atoms with Crippen molar-refractivity contribution in [1.29, 1.82) is 0 Å². The quantitative estimate of drug-likeness (QED) is 0.582. The van der Waals surface area contributed by atoms with Crippen LogP contribution >= 0.6 is 0 Å². The van der Waals surface area contributed by atoms with Crippen molar-refractivity contribution in [2.24, 2.45) is 0 Å². The molecule has 0 bridgehead atoms. The average Bonchev–Trinajstić information content (AvgIpc) is 3.20. The fourth-order valence-corrected chi connectivity index (χ4v) is 3.73. The van der Waals surface area contributed by atoms with Gasteiger partial charge in [-0.05, 0) is 48.6 Å². The van der Waals surface area contributed by atoms with Crippen LogP contribution in [0.3, 0.4) is 0 Å². The lowest BCUT2D eigenvalue weighted by atomic mass is 10.1. The minimum absolute atomic E-state index is 0.0266. The topological polar surface area (TPSA) is 88.8 Å². The Labute approximate surface area is 162 Å². The van der Waals surface area contributed by atoms with Crippen molar-refractivity contribution in [3.8, 4) is 5.75 Å². The molecule has 2 heterocycles. The van der Waals surface area contributed by atoms with Crippen LogP contribution in [0.1, 0.15) is 17.5 Å². The van der Waals surface area contributed by atoms with Crippen LogP contribution in [0, 0.1) is 10.1 Å². The number of benzene rings is 1. The van der Waals surface area contributed by atoms with Gasteiger partial charge in [0.15, 0.2) is 6.61 Å². The first-order valence-electron chi connectivity index (χ1n) is 9.48. The molecule has 0 spiro atoms. The Morgan fingerprint density at radius 2 is 1.89 bits per heavy atom. The maximum atomic E-state index is 12.5. The molecule has 0 atom stereocenters. The molecule has 1 aromatic carbocycles. The molecular formula is C20H22N4O4. The lowest BCUT2D eigenvalue weighted by Gasteiger charge is -2.35. The number of rotatable bonds is 5. The smallest absolute Gasteiger partial charge is 0.287 e. The maximum absolute atomic E-state index is 12.5.